The summed E-state index contributed by atoms with van der Waals surface area (Å²) in [6.45, 7) is 9.94. The van der Waals surface area contributed by atoms with Gasteiger partial charge in [0.05, 0.1) is 5.60 Å². The van der Waals surface area contributed by atoms with E-state index < -0.39 is 42.8 Å². The monoisotopic (exact) mass is 352 g/mol. The van der Waals surface area contributed by atoms with E-state index in [0.29, 0.717) is 0 Å². The van der Waals surface area contributed by atoms with Crippen LogP contribution in [0.1, 0.15) is 59.5 Å². The van der Waals surface area contributed by atoms with E-state index >= 15 is 0 Å². The smallest absolute Gasteiger partial charge is 0.410 e. The Balaban J connectivity index is 0. The lowest BCUT2D eigenvalue weighted by Crippen LogP contribution is -2.43. The lowest BCUT2D eigenvalue weighted by atomic mass is 10.2. The zero-order valence-corrected chi connectivity index (χ0v) is 15.5. The summed E-state index contributed by atoms with van der Waals surface area (Å²) in [6.07, 6.45) is -1.90. The molecule has 0 rings (SSSR count). The van der Waals surface area contributed by atoms with Crippen molar-refractivity contribution in [2.45, 2.75) is 78.7 Å². The van der Waals surface area contributed by atoms with E-state index in [1.807, 2.05) is 20.8 Å². The van der Waals surface area contributed by atoms with Gasteiger partial charge in [-0.3, -0.25) is 4.90 Å². The van der Waals surface area contributed by atoms with E-state index in [2.05, 4.69) is 0 Å². The Morgan fingerprint density at radius 3 is 1.62 bits per heavy atom. The summed E-state index contributed by atoms with van der Waals surface area (Å²) in [5, 5.41) is 17.2. The average molecular weight is 352 g/mol. The first-order chi connectivity index (χ1) is 11.7. The van der Waals surface area contributed by atoms with Crippen molar-refractivity contribution in [3.05, 3.63) is 0 Å². The molecule has 0 saturated carbocycles. The maximum Gasteiger partial charge on any atom is 0.410 e. The largest absolute Gasteiger partial charge is 0.480 e. The Morgan fingerprint density at radius 1 is 0.958 bits per heavy atom. The minimum atomic E-state index is -2.86. The maximum absolute atomic E-state index is 11.6. The van der Waals surface area contributed by atoms with Crippen LogP contribution in [0.15, 0.2) is 0 Å². The summed E-state index contributed by atoms with van der Waals surface area (Å²) in [5.41, 5.74) is -1.27. The first-order valence-corrected chi connectivity index (χ1v) is 7.35. The Morgan fingerprint density at radius 2 is 1.42 bits per heavy atom. The van der Waals surface area contributed by atoms with Crippen LogP contribution < -0.4 is 0 Å². The van der Waals surface area contributed by atoms with Crippen molar-refractivity contribution in [3.8, 4) is 0 Å². The quantitative estimate of drug-likeness (QED) is 0.799. The Labute approximate surface area is 147 Å². The van der Waals surface area contributed by atoms with Crippen LogP contribution in [0.3, 0.4) is 0 Å². The number of likely N-dealkylation sites (N-methyl/N-ethyl adjacent to an activating group) is 1. The molecule has 8 heteroatoms. The van der Waals surface area contributed by atoms with Gasteiger partial charge in [0, 0.05) is 11.1 Å². The van der Waals surface area contributed by atoms with Crippen molar-refractivity contribution in [3.63, 3.8) is 0 Å². The molecule has 0 heterocycles. The highest BCUT2D eigenvalue weighted by atomic mass is 16.6. The van der Waals surface area contributed by atoms with Gasteiger partial charge in [0.25, 0.3) is 0 Å². The number of ether oxygens (including phenoxy) is 2. The molecule has 2 N–H and O–H groups in total. The predicted octanol–water partition coefficient (Wildman–Crippen LogP) is 2.60. The van der Waals surface area contributed by atoms with Crippen LogP contribution in [-0.2, 0) is 19.1 Å². The van der Waals surface area contributed by atoms with Crippen LogP contribution >= 0.6 is 0 Å². The van der Waals surface area contributed by atoms with Crippen LogP contribution in [0.2, 0.25) is 0 Å². The van der Waals surface area contributed by atoms with Gasteiger partial charge in [-0.05, 0) is 55.4 Å². The number of aliphatic carboxylic acids is 2. The highest BCUT2D eigenvalue weighted by Gasteiger charge is 2.26. The number of amides is 1. The number of carboxylic acids is 2. The fourth-order valence-electron chi connectivity index (χ4n) is 1.16. The third-order valence-electron chi connectivity index (χ3n) is 2.21. The first kappa shape index (κ1) is 18.5. The molecule has 2 atom stereocenters. The van der Waals surface area contributed by atoms with Crippen molar-refractivity contribution in [1.29, 1.82) is 0 Å². The molecule has 0 fully saturated rings. The van der Waals surface area contributed by atoms with Crippen molar-refractivity contribution in [2.75, 3.05) is 6.98 Å². The molecule has 0 unspecified atom stereocenters. The minimum Gasteiger partial charge on any atom is -0.480 e. The van der Waals surface area contributed by atoms with Crippen LogP contribution in [0, 0.1) is 0 Å². The molecular formula is C16H31NO7. The number of hydrogen-bond acceptors (Lipinski definition) is 5. The van der Waals surface area contributed by atoms with Crippen LogP contribution in [-0.4, -0.2) is 63.5 Å². The number of nitrogens with zero attached hydrogens (tertiary/aromatic N) is 1. The Hall–Kier alpha value is -1.83. The molecule has 1 amide bonds. The third kappa shape index (κ3) is 12.7. The number of carbonyl (C=O) groups excluding carboxylic acids is 1. The highest BCUT2D eigenvalue weighted by molar-refractivity contribution is 5.79. The first-order valence-electron chi connectivity index (χ1n) is 8.85. The SMILES string of the molecule is C[C@H](OC(C)(C)C)C(=O)O.[2H]C([2H])([2H])N(C(=O)OC(C)(C)C)[C@@H](C)C(=O)O. The standard InChI is InChI=1S/C9H17NO4.C7H14O3/c1-6(7(11)12)10(5)8(13)14-9(2,3)4;1-5(6(8)9)10-7(2,3)4/h6H,1-5H3,(H,11,12);5H,1-4H3,(H,8,9)/t6-;5-/m00/s1/i5D3;. The van der Waals surface area contributed by atoms with E-state index in [4.69, 9.17) is 23.8 Å². The second-order valence-corrected chi connectivity index (χ2v) is 7.08. The molecule has 0 spiro atoms. The van der Waals surface area contributed by atoms with Crippen LogP contribution in [0.4, 0.5) is 4.79 Å². The van der Waals surface area contributed by atoms with Crippen molar-refractivity contribution >= 4 is 18.0 Å². The summed E-state index contributed by atoms with van der Waals surface area (Å²) in [6, 6.07) is -1.49. The molecule has 0 aliphatic carbocycles. The van der Waals surface area contributed by atoms with Gasteiger partial charge in [0.1, 0.15) is 11.6 Å². The van der Waals surface area contributed by atoms with E-state index in [9.17, 15) is 14.4 Å². The molecule has 0 aliphatic heterocycles. The number of carboxylic acid groups (broad SMARTS) is 2. The summed E-state index contributed by atoms with van der Waals surface area (Å²) in [4.78, 5) is 32.9. The highest BCUT2D eigenvalue weighted by Crippen LogP contribution is 2.11. The van der Waals surface area contributed by atoms with Crippen molar-refractivity contribution < 1.29 is 38.2 Å². The molecule has 0 aromatic heterocycles. The van der Waals surface area contributed by atoms with E-state index in [1.54, 1.807) is 20.8 Å². The molecule has 0 bridgehead atoms. The summed E-state index contributed by atoms with van der Waals surface area (Å²) in [5.74, 6) is -2.33. The molecule has 0 aromatic rings. The molecular weight excluding hydrogens is 318 g/mol. The lowest BCUT2D eigenvalue weighted by Gasteiger charge is -2.26. The molecule has 142 valence electrons. The Bertz CT molecular complexity index is 522. The fraction of sp³-hybridized carbons (Fsp3) is 0.812. The molecule has 0 aromatic carbocycles. The van der Waals surface area contributed by atoms with Crippen LogP contribution in [0.5, 0.6) is 0 Å². The number of rotatable bonds is 4. The summed E-state index contributed by atoms with van der Waals surface area (Å²) < 4.78 is 31.4. The normalized spacial score (nSPS) is 16.2. The molecule has 0 aliphatic rings. The van der Waals surface area contributed by atoms with Gasteiger partial charge in [-0.15, -0.1) is 0 Å². The number of hydrogen-bond donors (Lipinski definition) is 2. The molecule has 24 heavy (non-hydrogen) atoms. The third-order valence-corrected chi connectivity index (χ3v) is 2.21. The second-order valence-electron chi connectivity index (χ2n) is 7.08. The van der Waals surface area contributed by atoms with Gasteiger partial charge in [0.2, 0.25) is 0 Å². The maximum atomic E-state index is 11.6. The van der Waals surface area contributed by atoms with Crippen LogP contribution in [0.25, 0.3) is 0 Å². The zero-order chi connectivity index (χ0) is 22.4. The van der Waals surface area contributed by atoms with Gasteiger partial charge in [-0.1, -0.05) is 0 Å². The lowest BCUT2D eigenvalue weighted by molar-refractivity contribution is -0.157. The Kier molecular flexibility index (Phi) is 7.30. The summed E-state index contributed by atoms with van der Waals surface area (Å²) >= 11 is 0. The van der Waals surface area contributed by atoms with Gasteiger partial charge in [-0.2, -0.15) is 0 Å². The van der Waals surface area contributed by atoms with Gasteiger partial charge in [0.15, 0.2) is 6.10 Å². The van der Waals surface area contributed by atoms with E-state index in [1.165, 1.54) is 6.92 Å². The molecule has 8 nitrogen and oxygen atoms in total. The zero-order valence-electron chi connectivity index (χ0n) is 18.5. The topological polar surface area (TPSA) is 113 Å². The van der Waals surface area contributed by atoms with Gasteiger partial charge in [-0.25, -0.2) is 14.4 Å². The van der Waals surface area contributed by atoms with E-state index in [-0.39, 0.29) is 10.5 Å². The second kappa shape index (κ2) is 9.46. The predicted molar refractivity (Wildman–Crippen MR) is 89.0 cm³/mol. The fourth-order valence-corrected chi connectivity index (χ4v) is 1.16. The molecule has 0 saturated heterocycles. The van der Waals surface area contributed by atoms with Crippen molar-refractivity contribution in [2.24, 2.45) is 0 Å². The summed E-state index contributed by atoms with van der Waals surface area (Å²) in [7, 11) is 0. The van der Waals surface area contributed by atoms with Gasteiger partial charge < -0.3 is 19.7 Å². The number of carbonyl (C=O) groups is 3. The van der Waals surface area contributed by atoms with Gasteiger partial charge >= 0.3 is 18.0 Å². The minimum absolute atomic E-state index is 0.237. The van der Waals surface area contributed by atoms with Crippen molar-refractivity contribution in [1.82, 2.24) is 4.90 Å². The molecule has 0 radical (unpaired) electrons. The average Bonchev–Trinajstić information content (AvgIpc) is 2.32. The van der Waals surface area contributed by atoms with E-state index in [0.717, 1.165) is 6.92 Å².